The molecular weight excluding hydrogens is 370 g/mol. The molecule has 0 saturated carbocycles. The van der Waals surface area contributed by atoms with Gasteiger partial charge in [0, 0.05) is 28.7 Å². The first-order valence-electron chi connectivity index (χ1n) is 9.54. The highest BCUT2D eigenvalue weighted by molar-refractivity contribution is 8.03. The Morgan fingerprint density at radius 1 is 1.44 bits per heavy atom. The van der Waals surface area contributed by atoms with Crippen LogP contribution in [0.1, 0.15) is 33.1 Å². The van der Waals surface area contributed by atoms with Crippen LogP contribution in [0.5, 0.6) is 0 Å². The van der Waals surface area contributed by atoms with Gasteiger partial charge in [-0.3, -0.25) is 4.79 Å². The molecule has 3 rings (SSSR count). The van der Waals surface area contributed by atoms with Crippen molar-refractivity contribution in [2.75, 3.05) is 13.1 Å². The maximum Gasteiger partial charge on any atom is 0.353 e. The molecule has 1 amide bonds. The standard InChI is InChI=1S/C18H29N3O5S/c1-8-14-13(9(2)22)17(24)21(14)15(18(25)26)16(8)27-10-6-11(20-7-10)12(23)4-3-5-19/h8-14,20,22-23H,3-7,19H2,1-2H3,(H,25,26)/t8-,9-,10+,11+,12-,13-,14+/m1/s1. The fourth-order valence-electron chi connectivity index (χ4n) is 4.50. The number of nitrogens with one attached hydrogen (secondary N) is 1. The van der Waals surface area contributed by atoms with E-state index in [1.807, 2.05) is 6.92 Å². The van der Waals surface area contributed by atoms with Gasteiger partial charge in [-0.25, -0.2) is 4.79 Å². The van der Waals surface area contributed by atoms with Crippen LogP contribution in [0.4, 0.5) is 0 Å². The first-order chi connectivity index (χ1) is 12.8. The first kappa shape index (κ1) is 20.6. The van der Waals surface area contributed by atoms with E-state index in [0.717, 1.165) is 12.8 Å². The second kappa shape index (κ2) is 8.08. The summed E-state index contributed by atoms with van der Waals surface area (Å²) >= 11 is 1.49. The fourth-order valence-corrected chi connectivity index (χ4v) is 6.00. The molecule has 3 aliphatic rings. The van der Waals surface area contributed by atoms with Crippen LogP contribution >= 0.6 is 11.8 Å². The Labute approximate surface area is 163 Å². The number of carboxylic acids is 1. The minimum absolute atomic E-state index is 0.0245. The van der Waals surface area contributed by atoms with Crippen LogP contribution < -0.4 is 11.1 Å². The van der Waals surface area contributed by atoms with E-state index >= 15 is 0 Å². The van der Waals surface area contributed by atoms with Gasteiger partial charge in [-0.05, 0) is 32.7 Å². The van der Waals surface area contributed by atoms with E-state index < -0.39 is 24.1 Å². The summed E-state index contributed by atoms with van der Waals surface area (Å²) in [6.07, 6.45) is 0.885. The van der Waals surface area contributed by atoms with E-state index in [9.17, 15) is 24.9 Å². The third kappa shape index (κ3) is 3.63. The molecule has 8 nitrogen and oxygen atoms in total. The number of fused-ring (bicyclic) bond motifs is 1. The predicted molar refractivity (Wildman–Crippen MR) is 102 cm³/mol. The number of hydrogen-bond donors (Lipinski definition) is 5. The zero-order valence-corrected chi connectivity index (χ0v) is 16.5. The van der Waals surface area contributed by atoms with Crippen molar-refractivity contribution in [1.82, 2.24) is 10.2 Å². The lowest BCUT2D eigenvalue weighted by Crippen LogP contribution is -2.63. The van der Waals surface area contributed by atoms with Gasteiger partial charge in [-0.15, -0.1) is 11.8 Å². The average molecular weight is 400 g/mol. The number of carbonyl (C=O) groups is 2. The molecule has 3 aliphatic heterocycles. The van der Waals surface area contributed by atoms with Crippen molar-refractivity contribution in [2.24, 2.45) is 17.6 Å². The highest BCUT2D eigenvalue weighted by Gasteiger charge is 2.60. The molecule has 7 atom stereocenters. The highest BCUT2D eigenvalue weighted by Crippen LogP contribution is 2.51. The zero-order chi connectivity index (χ0) is 19.9. The summed E-state index contributed by atoms with van der Waals surface area (Å²) in [7, 11) is 0. The Hall–Kier alpha value is -1.13. The van der Waals surface area contributed by atoms with E-state index in [4.69, 9.17) is 5.73 Å². The molecule has 0 radical (unpaired) electrons. The number of nitrogens with two attached hydrogens (primary N) is 1. The molecule has 0 bridgehead atoms. The molecule has 0 aromatic heterocycles. The van der Waals surface area contributed by atoms with E-state index in [1.165, 1.54) is 16.7 Å². The van der Waals surface area contributed by atoms with Gasteiger partial charge in [0.25, 0.3) is 0 Å². The molecule has 152 valence electrons. The number of rotatable bonds is 8. The number of hydrogen-bond acceptors (Lipinski definition) is 7. The molecule has 3 heterocycles. The van der Waals surface area contributed by atoms with Gasteiger partial charge in [0.1, 0.15) is 5.70 Å². The second-order valence-corrected chi connectivity index (χ2v) is 9.10. The molecule has 0 unspecified atom stereocenters. The summed E-state index contributed by atoms with van der Waals surface area (Å²) in [5.74, 6) is -2.08. The van der Waals surface area contributed by atoms with Crippen molar-refractivity contribution in [1.29, 1.82) is 0 Å². The molecule has 6 N–H and O–H groups in total. The molecule has 0 spiro atoms. The predicted octanol–water partition coefficient (Wildman–Crippen LogP) is -0.296. The molecule has 27 heavy (non-hydrogen) atoms. The highest BCUT2D eigenvalue weighted by atomic mass is 32.2. The van der Waals surface area contributed by atoms with Crippen LogP contribution in [0.15, 0.2) is 10.6 Å². The maximum absolute atomic E-state index is 12.4. The molecule has 0 aromatic carbocycles. The molecule has 2 saturated heterocycles. The van der Waals surface area contributed by atoms with Gasteiger partial charge in [-0.2, -0.15) is 0 Å². The van der Waals surface area contributed by atoms with Gasteiger partial charge in [0.2, 0.25) is 5.91 Å². The third-order valence-corrected chi connectivity index (χ3v) is 7.41. The fraction of sp³-hybridized carbons (Fsp3) is 0.778. The number of aliphatic carboxylic acids is 1. The van der Waals surface area contributed by atoms with E-state index in [0.29, 0.717) is 24.4 Å². The molecule has 0 aliphatic carbocycles. The van der Waals surface area contributed by atoms with E-state index in [1.54, 1.807) is 6.92 Å². The number of aliphatic hydroxyl groups is 2. The Morgan fingerprint density at radius 3 is 2.74 bits per heavy atom. The quantitative estimate of drug-likeness (QED) is 0.351. The number of β-lactam (4-membered cyclic amide) rings is 1. The van der Waals surface area contributed by atoms with Crippen molar-refractivity contribution >= 4 is 23.6 Å². The van der Waals surface area contributed by atoms with Crippen LogP contribution in [-0.4, -0.2) is 74.7 Å². The topological polar surface area (TPSA) is 136 Å². The van der Waals surface area contributed by atoms with Crippen molar-refractivity contribution in [3.63, 3.8) is 0 Å². The summed E-state index contributed by atoms with van der Waals surface area (Å²) in [6.45, 7) is 4.72. The zero-order valence-electron chi connectivity index (χ0n) is 15.7. The number of carboxylic acid groups (broad SMARTS) is 1. The van der Waals surface area contributed by atoms with Crippen LogP contribution in [-0.2, 0) is 9.59 Å². The number of aliphatic hydroxyl groups excluding tert-OH is 2. The Morgan fingerprint density at radius 2 is 2.15 bits per heavy atom. The number of carbonyl (C=O) groups excluding carboxylic acids is 1. The van der Waals surface area contributed by atoms with Gasteiger partial charge in [0.05, 0.1) is 24.2 Å². The molecule has 2 fully saturated rings. The Balaban J connectivity index is 1.71. The van der Waals surface area contributed by atoms with Gasteiger partial charge in [0.15, 0.2) is 0 Å². The van der Waals surface area contributed by atoms with Gasteiger partial charge >= 0.3 is 5.97 Å². The minimum atomic E-state index is -1.10. The lowest BCUT2D eigenvalue weighted by atomic mass is 9.79. The SMILES string of the molecule is C[C@@H](O)[C@H]1C(=O)N2C(C(=O)O)=C(S[C@@H]3CN[C@H]([C@H](O)CCCN)C3)[C@H](C)[C@@H]12. The third-order valence-electron chi connectivity index (χ3n) is 5.90. The van der Waals surface area contributed by atoms with E-state index in [2.05, 4.69) is 5.32 Å². The summed E-state index contributed by atoms with van der Waals surface area (Å²) in [4.78, 5) is 26.3. The maximum atomic E-state index is 12.4. The van der Waals surface area contributed by atoms with Crippen LogP contribution in [0.25, 0.3) is 0 Å². The second-order valence-electron chi connectivity index (χ2n) is 7.76. The molecular formula is C18H29N3O5S. The smallest absolute Gasteiger partial charge is 0.353 e. The van der Waals surface area contributed by atoms with Crippen molar-refractivity contribution in [2.45, 2.75) is 62.7 Å². The Bertz CT molecular complexity index is 640. The van der Waals surface area contributed by atoms with Crippen LogP contribution in [0, 0.1) is 11.8 Å². The van der Waals surface area contributed by atoms with Crippen molar-refractivity contribution in [3.05, 3.63) is 10.6 Å². The van der Waals surface area contributed by atoms with Crippen molar-refractivity contribution < 1.29 is 24.9 Å². The van der Waals surface area contributed by atoms with Gasteiger partial charge in [-0.1, -0.05) is 6.92 Å². The summed E-state index contributed by atoms with van der Waals surface area (Å²) in [5.41, 5.74) is 5.56. The minimum Gasteiger partial charge on any atom is -0.477 e. The monoisotopic (exact) mass is 399 g/mol. The average Bonchev–Trinajstić information content (AvgIpc) is 3.15. The molecule has 9 heteroatoms. The number of thioether (sulfide) groups is 1. The summed E-state index contributed by atoms with van der Waals surface area (Å²) < 4.78 is 0. The number of nitrogens with zero attached hydrogens (tertiary/aromatic N) is 1. The van der Waals surface area contributed by atoms with Crippen LogP contribution in [0.2, 0.25) is 0 Å². The van der Waals surface area contributed by atoms with Crippen molar-refractivity contribution in [3.8, 4) is 0 Å². The lowest BCUT2D eigenvalue weighted by Gasteiger charge is -2.46. The largest absolute Gasteiger partial charge is 0.477 e. The van der Waals surface area contributed by atoms with E-state index in [-0.39, 0.29) is 34.9 Å². The Kier molecular flexibility index (Phi) is 6.17. The van der Waals surface area contributed by atoms with Crippen LogP contribution in [0.3, 0.4) is 0 Å². The lowest BCUT2D eigenvalue weighted by molar-refractivity contribution is -0.163. The number of amides is 1. The summed E-state index contributed by atoms with van der Waals surface area (Å²) in [6, 6.07) is -0.310. The normalized spacial score (nSPS) is 35.2. The molecule has 0 aromatic rings. The first-order valence-corrected chi connectivity index (χ1v) is 10.4. The summed E-state index contributed by atoms with van der Waals surface area (Å²) in [5, 5.41) is 33.3. The van der Waals surface area contributed by atoms with Gasteiger partial charge < -0.3 is 31.3 Å².